The lowest BCUT2D eigenvalue weighted by atomic mass is 10.1. The van der Waals surface area contributed by atoms with Crippen LogP contribution in [0.1, 0.15) is 22.6 Å². The number of ether oxygens (including phenoxy) is 2. The Morgan fingerprint density at radius 2 is 1.72 bits per heavy atom. The van der Waals surface area contributed by atoms with Crippen molar-refractivity contribution in [1.82, 2.24) is 5.16 Å². The molecule has 1 heterocycles. The van der Waals surface area contributed by atoms with E-state index in [1.807, 2.05) is 0 Å². The molecule has 0 radical (unpaired) electrons. The molecule has 0 unspecified atom stereocenters. The van der Waals surface area contributed by atoms with Crippen LogP contribution in [0.15, 0.2) is 45.8 Å². The van der Waals surface area contributed by atoms with Crippen LogP contribution in [0.25, 0.3) is 12.2 Å². The zero-order chi connectivity index (χ0) is 23.5. The third-order valence-electron chi connectivity index (χ3n) is 4.57. The Balaban J connectivity index is 1.94. The summed E-state index contributed by atoms with van der Waals surface area (Å²) in [6.07, 6.45) is 2.89. The van der Waals surface area contributed by atoms with E-state index in [-0.39, 0.29) is 27.7 Å². The van der Waals surface area contributed by atoms with Crippen LogP contribution < -0.4 is 14.2 Å². The van der Waals surface area contributed by atoms with Crippen molar-refractivity contribution in [3.05, 3.63) is 69.1 Å². The Labute approximate surface area is 184 Å². The van der Waals surface area contributed by atoms with Gasteiger partial charge in [-0.1, -0.05) is 23.4 Å². The summed E-state index contributed by atoms with van der Waals surface area (Å²) in [6, 6.07) is 9.48. The van der Waals surface area contributed by atoms with Crippen LogP contribution in [0.2, 0.25) is 0 Å². The fraction of sp³-hybridized carbons (Fsp3) is 0.190. The molecule has 0 atom stereocenters. The number of hydrogen-bond donors (Lipinski definition) is 1. The molecule has 168 valence electrons. The van der Waals surface area contributed by atoms with Gasteiger partial charge in [-0.05, 0) is 37.1 Å². The Morgan fingerprint density at radius 3 is 2.31 bits per heavy atom. The van der Waals surface area contributed by atoms with E-state index in [0.717, 1.165) is 0 Å². The number of methoxy groups -OCH3 is 2. The number of anilines is 1. The number of rotatable bonds is 8. The fourth-order valence-corrected chi connectivity index (χ4v) is 4.29. The van der Waals surface area contributed by atoms with Crippen molar-refractivity contribution >= 4 is 33.6 Å². The summed E-state index contributed by atoms with van der Waals surface area (Å²) in [7, 11) is -1.02. The minimum Gasteiger partial charge on any atom is -0.497 e. The lowest BCUT2D eigenvalue weighted by Gasteiger charge is -2.13. The minimum absolute atomic E-state index is 0.0286. The quantitative estimate of drug-likeness (QED) is 0.391. The lowest BCUT2D eigenvalue weighted by Crippen LogP contribution is -2.14. The molecule has 3 aromatic rings. The summed E-state index contributed by atoms with van der Waals surface area (Å²) in [5.74, 6) is 0.831. The summed E-state index contributed by atoms with van der Waals surface area (Å²) in [6.45, 7) is 3.13. The van der Waals surface area contributed by atoms with E-state index < -0.39 is 14.9 Å². The minimum atomic E-state index is -3.96. The van der Waals surface area contributed by atoms with Gasteiger partial charge in [0.05, 0.1) is 29.7 Å². The van der Waals surface area contributed by atoms with Gasteiger partial charge in [0.2, 0.25) is 5.76 Å². The molecule has 0 spiro atoms. The van der Waals surface area contributed by atoms with E-state index >= 15 is 0 Å². The number of benzene rings is 2. The first-order valence-corrected chi connectivity index (χ1v) is 10.8. The van der Waals surface area contributed by atoms with Crippen LogP contribution >= 0.6 is 0 Å². The predicted molar refractivity (Wildman–Crippen MR) is 118 cm³/mol. The van der Waals surface area contributed by atoms with Gasteiger partial charge in [-0.3, -0.25) is 14.8 Å². The average molecular weight is 459 g/mol. The highest BCUT2D eigenvalue weighted by molar-refractivity contribution is 7.92. The molecule has 1 aromatic heterocycles. The normalized spacial score (nSPS) is 11.5. The van der Waals surface area contributed by atoms with E-state index in [4.69, 9.17) is 14.0 Å². The molecule has 1 N–H and O–H groups in total. The maximum Gasteiger partial charge on any atom is 0.338 e. The fourth-order valence-electron chi connectivity index (χ4n) is 2.97. The Bertz CT molecular complexity index is 1270. The molecule has 0 saturated heterocycles. The summed E-state index contributed by atoms with van der Waals surface area (Å²) < 4.78 is 44.0. The van der Waals surface area contributed by atoms with Crippen molar-refractivity contribution in [3.8, 4) is 11.5 Å². The largest absolute Gasteiger partial charge is 0.497 e. The van der Waals surface area contributed by atoms with Crippen LogP contribution in [0.4, 0.5) is 11.4 Å². The molecule has 3 rings (SSSR count). The number of hydrogen-bond acceptors (Lipinski definition) is 8. The molecular formula is C21H21N3O7S. The van der Waals surface area contributed by atoms with Gasteiger partial charge in [0.15, 0.2) is 5.69 Å². The molecule has 11 heteroatoms. The predicted octanol–water partition coefficient (Wildman–Crippen LogP) is 4.19. The van der Waals surface area contributed by atoms with E-state index in [0.29, 0.717) is 22.6 Å². The number of nitro groups is 1. The van der Waals surface area contributed by atoms with E-state index in [2.05, 4.69) is 9.88 Å². The standard InChI is InChI=1S/C21H21N3O7S/c1-13-5-6-15(7-8-19-21(24(25)26)14(2)22-31-19)9-20(13)32(27,28)23-16-10-17(29-3)12-18(11-16)30-4/h5-12,23H,1-4H3/b8-7+. The van der Waals surface area contributed by atoms with Gasteiger partial charge in [-0.15, -0.1) is 0 Å². The second kappa shape index (κ2) is 9.10. The third-order valence-corrected chi connectivity index (χ3v) is 6.10. The van der Waals surface area contributed by atoms with Gasteiger partial charge < -0.3 is 14.0 Å². The van der Waals surface area contributed by atoms with Gasteiger partial charge in [-0.2, -0.15) is 0 Å². The van der Waals surface area contributed by atoms with Crippen molar-refractivity contribution in [2.24, 2.45) is 0 Å². The Kier molecular flexibility index (Phi) is 6.49. The molecule has 2 aromatic carbocycles. The molecule has 32 heavy (non-hydrogen) atoms. The number of nitrogens with zero attached hydrogens (tertiary/aromatic N) is 2. The Hall–Kier alpha value is -3.86. The number of aryl methyl sites for hydroxylation is 2. The summed E-state index contributed by atoms with van der Waals surface area (Å²) in [5, 5.41) is 14.8. The third kappa shape index (κ3) is 4.89. The van der Waals surface area contributed by atoms with Crippen molar-refractivity contribution < 1.29 is 27.3 Å². The van der Waals surface area contributed by atoms with Gasteiger partial charge in [0, 0.05) is 18.2 Å². The van der Waals surface area contributed by atoms with Crippen LogP contribution in [0, 0.1) is 24.0 Å². The first-order chi connectivity index (χ1) is 15.1. The highest BCUT2D eigenvalue weighted by Gasteiger charge is 2.22. The second-order valence-electron chi connectivity index (χ2n) is 6.80. The Morgan fingerprint density at radius 1 is 1.06 bits per heavy atom. The number of nitrogens with one attached hydrogen (secondary N) is 1. The van der Waals surface area contributed by atoms with Gasteiger partial charge in [0.1, 0.15) is 11.5 Å². The number of sulfonamides is 1. The zero-order valence-electron chi connectivity index (χ0n) is 17.8. The average Bonchev–Trinajstić information content (AvgIpc) is 3.12. The molecule has 0 aliphatic carbocycles. The molecule has 0 aliphatic rings. The van der Waals surface area contributed by atoms with Gasteiger partial charge in [0.25, 0.3) is 10.0 Å². The van der Waals surface area contributed by atoms with Crippen molar-refractivity contribution in [2.45, 2.75) is 18.7 Å². The molecule has 0 aliphatic heterocycles. The van der Waals surface area contributed by atoms with Crippen molar-refractivity contribution in [3.63, 3.8) is 0 Å². The van der Waals surface area contributed by atoms with Crippen molar-refractivity contribution in [2.75, 3.05) is 18.9 Å². The van der Waals surface area contributed by atoms with Gasteiger partial charge in [-0.25, -0.2) is 8.42 Å². The van der Waals surface area contributed by atoms with Crippen LogP contribution in [-0.4, -0.2) is 32.7 Å². The molecule has 0 bridgehead atoms. The van der Waals surface area contributed by atoms with E-state index in [1.54, 1.807) is 25.1 Å². The molecule has 0 fully saturated rings. The van der Waals surface area contributed by atoms with Crippen molar-refractivity contribution in [1.29, 1.82) is 0 Å². The van der Waals surface area contributed by atoms with Crippen LogP contribution in [0.5, 0.6) is 11.5 Å². The first kappa shape index (κ1) is 22.8. The molecule has 0 amide bonds. The maximum absolute atomic E-state index is 13.1. The summed E-state index contributed by atoms with van der Waals surface area (Å²) in [4.78, 5) is 10.6. The summed E-state index contributed by atoms with van der Waals surface area (Å²) in [5.41, 5.74) is 1.21. The van der Waals surface area contributed by atoms with E-state index in [9.17, 15) is 18.5 Å². The van der Waals surface area contributed by atoms with Gasteiger partial charge >= 0.3 is 5.69 Å². The lowest BCUT2D eigenvalue weighted by molar-refractivity contribution is -0.386. The molecular weight excluding hydrogens is 438 g/mol. The monoisotopic (exact) mass is 459 g/mol. The van der Waals surface area contributed by atoms with Crippen LogP contribution in [-0.2, 0) is 10.0 Å². The topological polar surface area (TPSA) is 134 Å². The zero-order valence-corrected chi connectivity index (χ0v) is 18.6. The smallest absolute Gasteiger partial charge is 0.338 e. The first-order valence-electron chi connectivity index (χ1n) is 9.30. The summed E-state index contributed by atoms with van der Waals surface area (Å²) >= 11 is 0. The number of aromatic nitrogens is 1. The van der Waals surface area contributed by atoms with Crippen LogP contribution in [0.3, 0.4) is 0 Å². The highest BCUT2D eigenvalue weighted by Crippen LogP contribution is 2.29. The van der Waals surface area contributed by atoms with E-state index in [1.165, 1.54) is 51.5 Å². The molecule has 10 nitrogen and oxygen atoms in total. The SMILES string of the molecule is COc1cc(NS(=O)(=O)c2cc(/C=C/c3onc(C)c3[N+](=O)[O-])ccc2C)cc(OC)c1. The maximum atomic E-state index is 13.1. The highest BCUT2D eigenvalue weighted by atomic mass is 32.2. The molecule has 0 saturated carbocycles. The second-order valence-corrected chi connectivity index (χ2v) is 8.45.